The van der Waals surface area contributed by atoms with E-state index in [1.165, 1.54) is 4.88 Å². The van der Waals surface area contributed by atoms with Crippen molar-refractivity contribution in [2.45, 2.75) is 18.9 Å². The van der Waals surface area contributed by atoms with Gasteiger partial charge in [-0.1, -0.05) is 11.6 Å². The van der Waals surface area contributed by atoms with Crippen LogP contribution in [0.3, 0.4) is 0 Å². The lowest BCUT2D eigenvalue weighted by molar-refractivity contribution is 0.184. The van der Waals surface area contributed by atoms with Crippen LogP contribution in [0.2, 0.25) is 4.34 Å². The first-order valence-corrected chi connectivity index (χ1v) is 5.86. The van der Waals surface area contributed by atoms with Gasteiger partial charge in [-0.15, -0.1) is 11.3 Å². The Labute approximate surface area is 94.2 Å². The summed E-state index contributed by atoms with van der Waals surface area (Å²) in [6.45, 7) is 0.796. The zero-order valence-corrected chi connectivity index (χ0v) is 10.1. The molecular formula is C10H16ClNOS. The van der Waals surface area contributed by atoms with Gasteiger partial charge in [0.2, 0.25) is 0 Å². The maximum absolute atomic E-state index is 5.86. The molecule has 2 nitrogen and oxygen atoms in total. The zero-order chi connectivity index (χ0) is 10.4. The predicted molar refractivity (Wildman–Crippen MR) is 62.4 cm³/mol. The topological polar surface area (TPSA) is 21.3 Å². The summed E-state index contributed by atoms with van der Waals surface area (Å²) in [5.41, 5.74) is 0. The van der Waals surface area contributed by atoms with Gasteiger partial charge in [0.15, 0.2) is 0 Å². The molecular weight excluding hydrogens is 218 g/mol. The Bertz CT molecular complexity index is 264. The van der Waals surface area contributed by atoms with Gasteiger partial charge in [0.1, 0.15) is 0 Å². The fourth-order valence-electron chi connectivity index (χ4n) is 1.31. The van der Waals surface area contributed by atoms with E-state index >= 15 is 0 Å². The molecule has 1 atom stereocenters. The minimum atomic E-state index is 0.477. The van der Waals surface area contributed by atoms with Gasteiger partial charge >= 0.3 is 0 Å². The lowest BCUT2D eigenvalue weighted by atomic mass is 10.1. The van der Waals surface area contributed by atoms with E-state index in [0.717, 1.165) is 23.8 Å². The van der Waals surface area contributed by atoms with Crippen LogP contribution in [-0.2, 0) is 11.2 Å². The first kappa shape index (κ1) is 12.0. The van der Waals surface area contributed by atoms with Gasteiger partial charge in [-0.2, -0.15) is 0 Å². The molecule has 1 unspecified atom stereocenters. The normalized spacial score (nSPS) is 13.1. The van der Waals surface area contributed by atoms with Crippen LogP contribution in [-0.4, -0.2) is 26.8 Å². The first-order valence-electron chi connectivity index (χ1n) is 4.66. The lowest BCUT2D eigenvalue weighted by Crippen LogP contribution is -2.28. The second kappa shape index (κ2) is 6.40. The van der Waals surface area contributed by atoms with Crippen LogP contribution in [0.25, 0.3) is 0 Å². The number of thiophene rings is 1. The van der Waals surface area contributed by atoms with E-state index in [0.29, 0.717) is 6.04 Å². The van der Waals surface area contributed by atoms with Gasteiger partial charge in [0.05, 0.1) is 4.34 Å². The average Bonchev–Trinajstić information content (AvgIpc) is 2.58. The molecule has 0 aliphatic carbocycles. The van der Waals surface area contributed by atoms with E-state index in [9.17, 15) is 0 Å². The molecule has 0 aromatic carbocycles. The largest absolute Gasteiger partial charge is 0.385 e. The molecule has 0 spiro atoms. The molecule has 0 aliphatic heterocycles. The first-order chi connectivity index (χ1) is 6.76. The molecule has 80 valence electrons. The van der Waals surface area contributed by atoms with E-state index in [2.05, 4.69) is 11.4 Å². The van der Waals surface area contributed by atoms with Gasteiger partial charge in [0, 0.05) is 24.6 Å². The van der Waals surface area contributed by atoms with Gasteiger partial charge < -0.3 is 10.1 Å². The standard InChI is InChI=1S/C10H16ClNOS/c1-12-8(5-6-13-2)7-9-3-4-10(11)14-9/h3-4,8,12H,5-7H2,1-2H3. The molecule has 0 saturated heterocycles. The number of hydrogen-bond donors (Lipinski definition) is 1. The van der Waals surface area contributed by atoms with Crippen LogP contribution in [0, 0.1) is 0 Å². The summed E-state index contributed by atoms with van der Waals surface area (Å²) >= 11 is 7.51. The van der Waals surface area contributed by atoms with E-state index in [1.54, 1.807) is 18.4 Å². The van der Waals surface area contributed by atoms with Crippen molar-refractivity contribution >= 4 is 22.9 Å². The second-order valence-electron chi connectivity index (χ2n) is 3.18. The van der Waals surface area contributed by atoms with Crippen molar-refractivity contribution in [3.63, 3.8) is 0 Å². The molecule has 0 bridgehead atoms. The highest BCUT2D eigenvalue weighted by molar-refractivity contribution is 7.16. The summed E-state index contributed by atoms with van der Waals surface area (Å²) < 4.78 is 5.92. The summed E-state index contributed by atoms with van der Waals surface area (Å²) in [4.78, 5) is 1.32. The number of likely N-dealkylation sites (N-methyl/N-ethyl adjacent to an activating group) is 1. The maximum atomic E-state index is 5.86. The third-order valence-corrected chi connectivity index (χ3v) is 3.41. The van der Waals surface area contributed by atoms with E-state index in [-0.39, 0.29) is 0 Å². The van der Waals surface area contributed by atoms with E-state index in [1.807, 2.05) is 13.1 Å². The van der Waals surface area contributed by atoms with Crippen molar-refractivity contribution in [1.29, 1.82) is 0 Å². The Kier molecular flexibility index (Phi) is 5.48. The van der Waals surface area contributed by atoms with Gasteiger partial charge in [0.25, 0.3) is 0 Å². The van der Waals surface area contributed by atoms with Crippen molar-refractivity contribution in [2.24, 2.45) is 0 Å². The molecule has 0 amide bonds. The van der Waals surface area contributed by atoms with Crippen molar-refractivity contribution in [1.82, 2.24) is 5.32 Å². The highest BCUT2D eigenvalue weighted by atomic mass is 35.5. The quantitative estimate of drug-likeness (QED) is 0.816. The van der Waals surface area contributed by atoms with Crippen LogP contribution >= 0.6 is 22.9 Å². The molecule has 0 saturated carbocycles. The van der Waals surface area contributed by atoms with Crippen LogP contribution in [0.1, 0.15) is 11.3 Å². The molecule has 0 aliphatic rings. The lowest BCUT2D eigenvalue weighted by Gasteiger charge is -2.14. The van der Waals surface area contributed by atoms with Crippen molar-refractivity contribution < 1.29 is 4.74 Å². The number of methoxy groups -OCH3 is 1. The summed E-state index contributed by atoms with van der Waals surface area (Å²) in [5, 5.41) is 3.28. The Morgan fingerprint density at radius 1 is 1.57 bits per heavy atom. The van der Waals surface area contributed by atoms with E-state index in [4.69, 9.17) is 16.3 Å². The molecule has 1 aromatic heterocycles. The summed E-state index contributed by atoms with van der Waals surface area (Å²) in [7, 11) is 3.71. The number of halogens is 1. The molecule has 1 N–H and O–H groups in total. The van der Waals surface area contributed by atoms with Gasteiger partial charge in [-0.3, -0.25) is 0 Å². The van der Waals surface area contributed by atoms with Crippen LogP contribution in [0.4, 0.5) is 0 Å². The third-order valence-electron chi connectivity index (χ3n) is 2.16. The number of nitrogens with one attached hydrogen (secondary N) is 1. The molecule has 0 fully saturated rings. The van der Waals surface area contributed by atoms with Crippen molar-refractivity contribution in [2.75, 3.05) is 20.8 Å². The molecule has 1 heterocycles. The smallest absolute Gasteiger partial charge is 0.0931 e. The summed E-state index contributed by atoms with van der Waals surface area (Å²) in [6.07, 6.45) is 2.06. The monoisotopic (exact) mass is 233 g/mol. The summed E-state index contributed by atoms with van der Waals surface area (Å²) in [5.74, 6) is 0. The minimum Gasteiger partial charge on any atom is -0.385 e. The average molecular weight is 234 g/mol. The Morgan fingerprint density at radius 2 is 2.36 bits per heavy atom. The molecule has 14 heavy (non-hydrogen) atoms. The minimum absolute atomic E-state index is 0.477. The molecule has 1 rings (SSSR count). The fourth-order valence-corrected chi connectivity index (χ4v) is 2.48. The van der Waals surface area contributed by atoms with Gasteiger partial charge in [-0.25, -0.2) is 0 Å². The molecule has 0 radical (unpaired) electrons. The van der Waals surface area contributed by atoms with Crippen LogP contribution in [0.5, 0.6) is 0 Å². The third kappa shape index (κ3) is 3.96. The SMILES string of the molecule is CNC(CCOC)Cc1ccc(Cl)s1. The number of hydrogen-bond acceptors (Lipinski definition) is 3. The zero-order valence-electron chi connectivity index (χ0n) is 8.55. The maximum Gasteiger partial charge on any atom is 0.0931 e. The Morgan fingerprint density at radius 3 is 2.86 bits per heavy atom. The fraction of sp³-hybridized carbons (Fsp3) is 0.600. The second-order valence-corrected chi connectivity index (χ2v) is 4.98. The highest BCUT2D eigenvalue weighted by Gasteiger charge is 2.08. The van der Waals surface area contributed by atoms with Crippen LogP contribution in [0.15, 0.2) is 12.1 Å². The van der Waals surface area contributed by atoms with Gasteiger partial charge in [-0.05, 0) is 32.0 Å². The predicted octanol–water partition coefficient (Wildman–Crippen LogP) is 2.57. The summed E-state index contributed by atoms with van der Waals surface area (Å²) in [6, 6.07) is 4.51. The van der Waals surface area contributed by atoms with Crippen molar-refractivity contribution in [3.05, 3.63) is 21.3 Å². The molecule has 4 heteroatoms. The Hall–Kier alpha value is -0.0900. The van der Waals surface area contributed by atoms with Crippen molar-refractivity contribution in [3.8, 4) is 0 Å². The molecule has 1 aromatic rings. The number of rotatable bonds is 6. The van der Waals surface area contributed by atoms with E-state index < -0.39 is 0 Å². The van der Waals surface area contributed by atoms with Crippen LogP contribution < -0.4 is 5.32 Å². The highest BCUT2D eigenvalue weighted by Crippen LogP contribution is 2.22. The number of ether oxygens (including phenoxy) is 1. The Balaban J connectivity index is 2.40.